The average molecular weight is 405 g/mol. The molecule has 1 aromatic heterocycles. The molecule has 2 heterocycles. The molecule has 150 valence electrons. The van der Waals surface area contributed by atoms with E-state index in [0.29, 0.717) is 13.1 Å². The summed E-state index contributed by atoms with van der Waals surface area (Å²) >= 11 is 1.52. The van der Waals surface area contributed by atoms with Crippen LogP contribution in [0, 0.1) is 5.82 Å². The molecule has 6 nitrogen and oxygen atoms in total. The predicted molar refractivity (Wildman–Crippen MR) is 107 cm³/mol. The minimum absolute atomic E-state index is 0.108. The highest BCUT2D eigenvalue weighted by molar-refractivity contribution is 7.09. The summed E-state index contributed by atoms with van der Waals surface area (Å²) in [6.07, 6.45) is 0. The van der Waals surface area contributed by atoms with Gasteiger partial charge in [0.25, 0.3) is 0 Å². The highest BCUT2D eigenvalue weighted by Gasteiger charge is 2.25. The third-order valence-electron chi connectivity index (χ3n) is 4.90. The Bertz CT molecular complexity index is 774. The molecule has 0 spiro atoms. The third kappa shape index (κ3) is 5.60. The summed E-state index contributed by atoms with van der Waals surface area (Å²) in [7, 11) is 2.07. The monoisotopic (exact) mass is 404 g/mol. The molecule has 0 aliphatic carbocycles. The first-order valence-corrected chi connectivity index (χ1v) is 10.2. The van der Waals surface area contributed by atoms with Crippen LogP contribution in [0.3, 0.4) is 0 Å². The fraction of sp³-hybridized carbons (Fsp3) is 0.400. The van der Waals surface area contributed by atoms with Crippen LogP contribution in [0.2, 0.25) is 0 Å². The van der Waals surface area contributed by atoms with Gasteiger partial charge >= 0.3 is 11.8 Å². The van der Waals surface area contributed by atoms with E-state index in [1.165, 1.54) is 23.5 Å². The van der Waals surface area contributed by atoms with Gasteiger partial charge in [0.05, 0.1) is 12.6 Å². The first-order chi connectivity index (χ1) is 13.5. The number of hydrogen-bond donors (Lipinski definition) is 2. The van der Waals surface area contributed by atoms with E-state index in [4.69, 9.17) is 0 Å². The Labute approximate surface area is 168 Å². The average Bonchev–Trinajstić information content (AvgIpc) is 3.22. The van der Waals surface area contributed by atoms with Gasteiger partial charge in [-0.1, -0.05) is 18.2 Å². The molecule has 0 saturated carbocycles. The van der Waals surface area contributed by atoms with Gasteiger partial charge in [-0.3, -0.25) is 14.5 Å². The van der Waals surface area contributed by atoms with Gasteiger partial charge < -0.3 is 15.5 Å². The highest BCUT2D eigenvalue weighted by atomic mass is 32.1. The van der Waals surface area contributed by atoms with Crippen molar-refractivity contribution < 1.29 is 14.0 Å². The van der Waals surface area contributed by atoms with Crippen LogP contribution < -0.4 is 10.6 Å². The molecule has 1 atom stereocenters. The van der Waals surface area contributed by atoms with Gasteiger partial charge in [0, 0.05) is 37.6 Å². The minimum atomic E-state index is -0.655. The van der Waals surface area contributed by atoms with Crippen molar-refractivity contribution in [2.75, 3.05) is 39.8 Å². The van der Waals surface area contributed by atoms with Crippen molar-refractivity contribution in [2.45, 2.75) is 12.6 Å². The molecule has 1 aliphatic rings. The second kappa shape index (κ2) is 9.77. The fourth-order valence-corrected chi connectivity index (χ4v) is 3.85. The number of hydrogen-bond acceptors (Lipinski definition) is 5. The lowest BCUT2D eigenvalue weighted by Crippen LogP contribution is -2.49. The van der Waals surface area contributed by atoms with E-state index in [-0.39, 0.29) is 11.9 Å². The Morgan fingerprint density at radius 1 is 1.07 bits per heavy atom. The summed E-state index contributed by atoms with van der Waals surface area (Å²) in [6, 6.07) is 10.0. The van der Waals surface area contributed by atoms with E-state index in [2.05, 4.69) is 27.5 Å². The summed E-state index contributed by atoms with van der Waals surface area (Å²) < 4.78 is 13.3. The maximum Gasteiger partial charge on any atom is 0.309 e. The molecule has 1 fully saturated rings. The molecule has 8 heteroatoms. The largest absolute Gasteiger partial charge is 0.346 e. The molecule has 1 aromatic carbocycles. The molecule has 2 aromatic rings. The molecule has 2 amide bonds. The summed E-state index contributed by atoms with van der Waals surface area (Å²) in [5.41, 5.74) is 0.922. The maximum atomic E-state index is 13.3. The predicted octanol–water partition coefficient (Wildman–Crippen LogP) is 1.61. The molecule has 1 saturated heterocycles. The number of halogens is 1. The zero-order chi connectivity index (χ0) is 19.9. The number of rotatable bonds is 6. The van der Waals surface area contributed by atoms with Crippen LogP contribution in [0.5, 0.6) is 0 Å². The van der Waals surface area contributed by atoms with Gasteiger partial charge in [-0.05, 0) is 36.2 Å². The SMILES string of the molecule is CN1CCN(C(CNC(=O)C(=O)NCc2cccs2)c2ccc(F)cc2)CC1. The molecule has 3 rings (SSSR count). The number of carbonyl (C=O) groups is 2. The number of piperazine rings is 1. The number of carbonyl (C=O) groups excluding carboxylic acids is 2. The first kappa shape index (κ1) is 20.4. The first-order valence-electron chi connectivity index (χ1n) is 9.29. The van der Waals surface area contributed by atoms with Crippen molar-refractivity contribution in [3.8, 4) is 0 Å². The van der Waals surface area contributed by atoms with Gasteiger partial charge in [-0.15, -0.1) is 11.3 Å². The second-order valence-corrected chi connectivity index (χ2v) is 7.91. The molecular formula is C20H25FN4O2S. The van der Waals surface area contributed by atoms with E-state index < -0.39 is 11.8 Å². The molecule has 0 bridgehead atoms. The summed E-state index contributed by atoms with van der Waals surface area (Å²) in [5, 5.41) is 7.29. The van der Waals surface area contributed by atoms with Crippen LogP contribution in [0.1, 0.15) is 16.5 Å². The maximum absolute atomic E-state index is 13.3. The van der Waals surface area contributed by atoms with Crippen LogP contribution in [0.4, 0.5) is 4.39 Å². The van der Waals surface area contributed by atoms with Crippen LogP contribution in [0.15, 0.2) is 41.8 Å². The number of likely N-dealkylation sites (N-methyl/N-ethyl adjacent to an activating group) is 1. The third-order valence-corrected chi connectivity index (χ3v) is 5.78. The number of benzene rings is 1. The smallest absolute Gasteiger partial charge is 0.309 e. The molecule has 1 aliphatic heterocycles. The second-order valence-electron chi connectivity index (χ2n) is 6.88. The van der Waals surface area contributed by atoms with Crippen LogP contribution in [0.25, 0.3) is 0 Å². The van der Waals surface area contributed by atoms with Gasteiger partial charge in [-0.25, -0.2) is 4.39 Å². The van der Waals surface area contributed by atoms with Gasteiger partial charge in [0.15, 0.2) is 0 Å². The van der Waals surface area contributed by atoms with Gasteiger partial charge in [-0.2, -0.15) is 0 Å². The van der Waals surface area contributed by atoms with Crippen LogP contribution in [-0.4, -0.2) is 61.4 Å². The van der Waals surface area contributed by atoms with Crippen molar-refractivity contribution in [2.24, 2.45) is 0 Å². The van der Waals surface area contributed by atoms with E-state index >= 15 is 0 Å². The van der Waals surface area contributed by atoms with Crippen molar-refractivity contribution >= 4 is 23.2 Å². The van der Waals surface area contributed by atoms with E-state index in [1.807, 2.05) is 17.5 Å². The molecule has 1 unspecified atom stereocenters. The van der Waals surface area contributed by atoms with E-state index in [9.17, 15) is 14.0 Å². The lowest BCUT2D eigenvalue weighted by Gasteiger charge is -2.38. The van der Waals surface area contributed by atoms with E-state index in [0.717, 1.165) is 36.6 Å². The molecule has 28 heavy (non-hydrogen) atoms. The molecule has 2 N–H and O–H groups in total. The zero-order valence-electron chi connectivity index (χ0n) is 15.9. The number of nitrogens with one attached hydrogen (secondary N) is 2. The molecule has 0 radical (unpaired) electrons. The Kier molecular flexibility index (Phi) is 7.13. The minimum Gasteiger partial charge on any atom is -0.346 e. The summed E-state index contributed by atoms with van der Waals surface area (Å²) in [5.74, 6) is -1.60. The van der Waals surface area contributed by atoms with Crippen LogP contribution in [-0.2, 0) is 16.1 Å². The number of thiophene rings is 1. The fourth-order valence-electron chi connectivity index (χ4n) is 3.21. The zero-order valence-corrected chi connectivity index (χ0v) is 16.7. The highest BCUT2D eigenvalue weighted by Crippen LogP contribution is 2.22. The standard InChI is InChI=1S/C20H25FN4O2S/c1-24-8-10-25(11-9-24)18(15-4-6-16(21)7-5-15)14-23-20(27)19(26)22-13-17-3-2-12-28-17/h2-7,12,18H,8-11,13-14H2,1H3,(H,22,26)(H,23,27). The summed E-state index contributed by atoms with van der Waals surface area (Å²) in [6.45, 7) is 4.17. The number of amides is 2. The van der Waals surface area contributed by atoms with Crippen molar-refractivity contribution in [3.05, 3.63) is 58.0 Å². The Morgan fingerprint density at radius 2 is 1.75 bits per heavy atom. The van der Waals surface area contributed by atoms with Crippen molar-refractivity contribution in [1.82, 2.24) is 20.4 Å². The Hall–Kier alpha value is -2.29. The quantitative estimate of drug-likeness (QED) is 0.718. The van der Waals surface area contributed by atoms with Gasteiger partial charge in [0.1, 0.15) is 5.82 Å². The van der Waals surface area contributed by atoms with Gasteiger partial charge in [0.2, 0.25) is 0 Å². The normalized spacial score (nSPS) is 16.5. The summed E-state index contributed by atoms with van der Waals surface area (Å²) in [4.78, 5) is 29.8. The lowest BCUT2D eigenvalue weighted by molar-refractivity contribution is -0.139. The Morgan fingerprint density at radius 3 is 2.39 bits per heavy atom. The number of nitrogens with zero attached hydrogens (tertiary/aromatic N) is 2. The van der Waals surface area contributed by atoms with Crippen molar-refractivity contribution in [1.29, 1.82) is 0 Å². The lowest BCUT2D eigenvalue weighted by atomic mass is 10.0. The van der Waals surface area contributed by atoms with Crippen molar-refractivity contribution in [3.63, 3.8) is 0 Å². The van der Waals surface area contributed by atoms with E-state index in [1.54, 1.807) is 12.1 Å². The topological polar surface area (TPSA) is 64.7 Å². The van der Waals surface area contributed by atoms with Crippen LogP contribution >= 0.6 is 11.3 Å². The Balaban J connectivity index is 1.59. The molecular weight excluding hydrogens is 379 g/mol.